The molecule has 0 heterocycles. The van der Waals surface area contributed by atoms with Crippen molar-refractivity contribution in [3.63, 3.8) is 0 Å². The molecule has 100 valence electrons. The number of hydrogen-bond donors (Lipinski definition) is 2. The number of nitrogens with one attached hydrogen (secondary N) is 1. The van der Waals surface area contributed by atoms with Crippen molar-refractivity contribution in [1.82, 2.24) is 5.32 Å². The Bertz CT molecular complexity index is 391. The summed E-state index contributed by atoms with van der Waals surface area (Å²) >= 11 is 0. The van der Waals surface area contributed by atoms with Crippen molar-refractivity contribution >= 4 is 11.6 Å². The van der Waals surface area contributed by atoms with Gasteiger partial charge in [-0.3, -0.25) is 4.79 Å². The number of anilines is 1. The van der Waals surface area contributed by atoms with Crippen LogP contribution in [0.4, 0.5) is 5.69 Å². The number of unbranched alkanes of at least 4 members (excludes halogenated alkanes) is 1. The quantitative estimate of drug-likeness (QED) is 0.575. The van der Waals surface area contributed by atoms with E-state index in [2.05, 4.69) is 12.2 Å². The van der Waals surface area contributed by atoms with Crippen molar-refractivity contribution in [2.24, 2.45) is 0 Å². The minimum Gasteiger partial charge on any atom is -0.398 e. The van der Waals surface area contributed by atoms with Gasteiger partial charge in [-0.15, -0.1) is 0 Å². The second-order valence-corrected chi connectivity index (χ2v) is 4.24. The molecule has 1 aromatic carbocycles. The highest BCUT2D eigenvalue weighted by Gasteiger charge is 2.09. The molecule has 0 unspecified atom stereocenters. The van der Waals surface area contributed by atoms with Gasteiger partial charge < -0.3 is 15.8 Å². The van der Waals surface area contributed by atoms with E-state index in [0.29, 0.717) is 24.4 Å². The van der Waals surface area contributed by atoms with Gasteiger partial charge in [0, 0.05) is 24.4 Å². The van der Waals surface area contributed by atoms with Gasteiger partial charge >= 0.3 is 0 Å². The Morgan fingerprint density at radius 1 is 1.39 bits per heavy atom. The van der Waals surface area contributed by atoms with Crippen LogP contribution in [0.5, 0.6) is 0 Å². The first kappa shape index (κ1) is 14.5. The normalized spacial score (nSPS) is 10.3. The van der Waals surface area contributed by atoms with Crippen LogP contribution in [0.15, 0.2) is 18.2 Å². The average molecular weight is 250 g/mol. The van der Waals surface area contributed by atoms with Crippen LogP contribution in [0.25, 0.3) is 0 Å². The molecule has 0 aliphatic heterocycles. The third-order valence-corrected chi connectivity index (χ3v) is 2.79. The number of rotatable bonds is 7. The predicted molar refractivity (Wildman–Crippen MR) is 73.7 cm³/mol. The minimum absolute atomic E-state index is 0.0982. The first-order valence-corrected chi connectivity index (χ1v) is 6.37. The van der Waals surface area contributed by atoms with Crippen molar-refractivity contribution in [2.75, 3.05) is 25.5 Å². The first-order valence-electron chi connectivity index (χ1n) is 6.37. The lowest BCUT2D eigenvalue weighted by atomic mass is 10.1. The Kier molecular flexibility index (Phi) is 6.22. The average Bonchev–Trinajstić information content (AvgIpc) is 2.36. The number of ether oxygens (including phenoxy) is 1. The van der Waals surface area contributed by atoms with Crippen LogP contribution < -0.4 is 11.1 Å². The number of carbonyl (C=O) groups is 1. The van der Waals surface area contributed by atoms with Gasteiger partial charge in [-0.05, 0) is 31.0 Å². The van der Waals surface area contributed by atoms with E-state index in [1.165, 1.54) is 0 Å². The van der Waals surface area contributed by atoms with E-state index in [1.54, 1.807) is 18.2 Å². The molecular weight excluding hydrogens is 228 g/mol. The van der Waals surface area contributed by atoms with E-state index in [9.17, 15) is 4.79 Å². The largest absolute Gasteiger partial charge is 0.398 e. The molecule has 0 atom stereocenters. The number of carbonyl (C=O) groups excluding carboxylic acids is 1. The summed E-state index contributed by atoms with van der Waals surface area (Å²) in [6.07, 6.45) is 2.18. The molecule has 0 fully saturated rings. The van der Waals surface area contributed by atoms with Crippen LogP contribution in [0, 0.1) is 6.92 Å². The van der Waals surface area contributed by atoms with Crippen molar-refractivity contribution < 1.29 is 9.53 Å². The number of benzene rings is 1. The zero-order valence-electron chi connectivity index (χ0n) is 11.2. The summed E-state index contributed by atoms with van der Waals surface area (Å²) in [7, 11) is 0. The molecule has 18 heavy (non-hydrogen) atoms. The fourth-order valence-corrected chi connectivity index (χ4v) is 1.58. The molecule has 0 saturated carbocycles. The molecule has 0 saturated heterocycles. The molecule has 0 bridgehead atoms. The van der Waals surface area contributed by atoms with E-state index >= 15 is 0 Å². The van der Waals surface area contributed by atoms with E-state index in [0.717, 1.165) is 25.0 Å². The van der Waals surface area contributed by atoms with Crippen molar-refractivity contribution in [3.8, 4) is 0 Å². The predicted octanol–water partition coefficient (Wildman–Crippen LogP) is 2.12. The maximum atomic E-state index is 11.9. The van der Waals surface area contributed by atoms with Gasteiger partial charge in [0.2, 0.25) is 0 Å². The summed E-state index contributed by atoms with van der Waals surface area (Å²) in [6.45, 7) is 5.79. The van der Waals surface area contributed by atoms with E-state index < -0.39 is 0 Å². The van der Waals surface area contributed by atoms with Gasteiger partial charge in [-0.2, -0.15) is 0 Å². The summed E-state index contributed by atoms with van der Waals surface area (Å²) in [5, 5.41) is 2.82. The fraction of sp³-hybridized carbons (Fsp3) is 0.500. The second-order valence-electron chi connectivity index (χ2n) is 4.24. The van der Waals surface area contributed by atoms with Gasteiger partial charge in [-0.1, -0.05) is 19.4 Å². The van der Waals surface area contributed by atoms with Gasteiger partial charge in [0.1, 0.15) is 0 Å². The van der Waals surface area contributed by atoms with Crippen molar-refractivity contribution in [2.45, 2.75) is 26.7 Å². The summed E-state index contributed by atoms with van der Waals surface area (Å²) < 4.78 is 5.37. The fourth-order valence-electron chi connectivity index (χ4n) is 1.58. The standard InChI is InChI=1S/C14H22N2O2/c1-3-4-9-18-10-8-16-14(17)12-6-5-7-13(15)11(12)2/h5-7H,3-4,8-10,15H2,1-2H3,(H,16,17). The van der Waals surface area contributed by atoms with Crippen molar-refractivity contribution in [3.05, 3.63) is 29.3 Å². The van der Waals surface area contributed by atoms with Gasteiger partial charge in [0.05, 0.1) is 6.61 Å². The topological polar surface area (TPSA) is 64.3 Å². The van der Waals surface area contributed by atoms with Crippen LogP contribution in [0.2, 0.25) is 0 Å². The zero-order chi connectivity index (χ0) is 13.4. The Balaban J connectivity index is 2.35. The van der Waals surface area contributed by atoms with Gasteiger partial charge in [0.15, 0.2) is 0 Å². The van der Waals surface area contributed by atoms with Crippen molar-refractivity contribution in [1.29, 1.82) is 0 Å². The highest BCUT2D eigenvalue weighted by molar-refractivity contribution is 5.96. The molecule has 0 aliphatic rings. The maximum Gasteiger partial charge on any atom is 0.251 e. The monoisotopic (exact) mass is 250 g/mol. The molecule has 4 heteroatoms. The van der Waals surface area contributed by atoms with E-state index in [4.69, 9.17) is 10.5 Å². The number of nitrogens with two attached hydrogens (primary N) is 1. The Hall–Kier alpha value is -1.55. The van der Waals surface area contributed by atoms with E-state index in [1.807, 2.05) is 6.92 Å². The van der Waals surface area contributed by atoms with E-state index in [-0.39, 0.29) is 5.91 Å². The highest BCUT2D eigenvalue weighted by Crippen LogP contribution is 2.14. The third kappa shape index (κ3) is 4.37. The smallest absolute Gasteiger partial charge is 0.251 e. The van der Waals surface area contributed by atoms with Crippen LogP contribution in [-0.2, 0) is 4.74 Å². The molecule has 0 aromatic heterocycles. The second kappa shape index (κ2) is 7.71. The lowest BCUT2D eigenvalue weighted by molar-refractivity contribution is 0.0912. The van der Waals surface area contributed by atoms with Crippen LogP contribution in [0.3, 0.4) is 0 Å². The first-order chi connectivity index (χ1) is 8.66. The molecule has 1 rings (SSSR count). The summed E-state index contributed by atoms with van der Waals surface area (Å²) in [5.74, 6) is -0.0982. The molecule has 0 radical (unpaired) electrons. The lowest BCUT2D eigenvalue weighted by Gasteiger charge is -2.09. The Morgan fingerprint density at radius 2 is 2.17 bits per heavy atom. The summed E-state index contributed by atoms with van der Waals surface area (Å²) in [5.41, 5.74) is 7.85. The molecule has 4 nitrogen and oxygen atoms in total. The number of amides is 1. The molecule has 0 aliphatic carbocycles. The van der Waals surface area contributed by atoms with Gasteiger partial charge in [-0.25, -0.2) is 0 Å². The molecular formula is C14H22N2O2. The van der Waals surface area contributed by atoms with Gasteiger partial charge in [0.25, 0.3) is 5.91 Å². The molecule has 0 spiro atoms. The Morgan fingerprint density at radius 3 is 2.89 bits per heavy atom. The molecule has 3 N–H and O–H groups in total. The third-order valence-electron chi connectivity index (χ3n) is 2.79. The minimum atomic E-state index is -0.0982. The zero-order valence-corrected chi connectivity index (χ0v) is 11.2. The highest BCUT2D eigenvalue weighted by atomic mass is 16.5. The number of nitrogen functional groups attached to an aromatic ring is 1. The SMILES string of the molecule is CCCCOCCNC(=O)c1cccc(N)c1C. The van der Waals surface area contributed by atoms with Crippen LogP contribution in [0.1, 0.15) is 35.7 Å². The van der Waals surface area contributed by atoms with Crippen LogP contribution >= 0.6 is 0 Å². The maximum absolute atomic E-state index is 11.9. The molecule has 1 amide bonds. The summed E-state index contributed by atoms with van der Waals surface area (Å²) in [4.78, 5) is 11.9. The summed E-state index contributed by atoms with van der Waals surface area (Å²) in [6, 6.07) is 5.36. The lowest BCUT2D eigenvalue weighted by Crippen LogP contribution is -2.28. The Labute approximate surface area is 109 Å². The molecule has 1 aromatic rings. The van der Waals surface area contributed by atoms with Crippen LogP contribution in [-0.4, -0.2) is 25.7 Å². The number of hydrogen-bond acceptors (Lipinski definition) is 3.